The lowest BCUT2D eigenvalue weighted by molar-refractivity contribution is -0.147. The molecular formula is C10H15NO6. The third-order valence-corrected chi connectivity index (χ3v) is 2.45. The second kappa shape index (κ2) is 6.19. The predicted molar refractivity (Wildman–Crippen MR) is 55.4 cm³/mol. The Kier molecular flexibility index (Phi) is 4.89. The van der Waals surface area contributed by atoms with Crippen molar-refractivity contribution >= 4 is 17.8 Å². The Morgan fingerprint density at radius 1 is 1.35 bits per heavy atom. The van der Waals surface area contributed by atoms with Gasteiger partial charge >= 0.3 is 11.9 Å². The summed E-state index contributed by atoms with van der Waals surface area (Å²) in [6, 6.07) is -1.39. The molecule has 96 valence electrons. The van der Waals surface area contributed by atoms with Gasteiger partial charge in [0, 0.05) is 6.61 Å². The zero-order valence-corrected chi connectivity index (χ0v) is 9.22. The van der Waals surface area contributed by atoms with Crippen molar-refractivity contribution in [2.75, 3.05) is 6.61 Å². The van der Waals surface area contributed by atoms with Gasteiger partial charge in [-0.05, 0) is 12.8 Å². The van der Waals surface area contributed by atoms with Crippen LogP contribution in [0.15, 0.2) is 0 Å². The van der Waals surface area contributed by atoms with Gasteiger partial charge in [0.05, 0.1) is 18.9 Å². The van der Waals surface area contributed by atoms with Gasteiger partial charge in [-0.15, -0.1) is 0 Å². The van der Waals surface area contributed by atoms with Crippen molar-refractivity contribution in [2.45, 2.75) is 37.8 Å². The van der Waals surface area contributed by atoms with Crippen LogP contribution in [0.3, 0.4) is 0 Å². The summed E-state index contributed by atoms with van der Waals surface area (Å²) in [7, 11) is 0. The average Bonchev–Trinajstić information content (AvgIpc) is 2.68. The first-order valence-corrected chi connectivity index (χ1v) is 5.34. The highest BCUT2D eigenvalue weighted by Gasteiger charge is 2.25. The number of nitrogens with one attached hydrogen (secondary N) is 1. The number of amides is 1. The first-order valence-electron chi connectivity index (χ1n) is 5.34. The summed E-state index contributed by atoms with van der Waals surface area (Å²) in [5.41, 5.74) is 0. The number of carboxylic acids is 2. The van der Waals surface area contributed by atoms with Gasteiger partial charge in [0.15, 0.2) is 0 Å². The number of carbonyl (C=O) groups excluding carboxylic acids is 1. The second-order valence-electron chi connectivity index (χ2n) is 3.90. The molecule has 3 N–H and O–H groups in total. The molecule has 0 aromatic rings. The Hall–Kier alpha value is -1.63. The van der Waals surface area contributed by atoms with Crippen LogP contribution in [0.2, 0.25) is 0 Å². The Morgan fingerprint density at radius 3 is 2.53 bits per heavy atom. The fourth-order valence-corrected chi connectivity index (χ4v) is 1.64. The molecular weight excluding hydrogens is 230 g/mol. The van der Waals surface area contributed by atoms with Gasteiger partial charge in [0.25, 0.3) is 0 Å². The minimum atomic E-state index is -1.39. The topological polar surface area (TPSA) is 113 Å². The van der Waals surface area contributed by atoms with Gasteiger partial charge in [0.2, 0.25) is 5.91 Å². The fourth-order valence-electron chi connectivity index (χ4n) is 1.64. The van der Waals surface area contributed by atoms with E-state index >= 15 is 0 Å². The normalized spacial score (nSPS) is 20.8. The molecule has 1 fully saturated rings. The number of hydrogen-bond acceptors (Lipinski definition) is 4. The molecule has 1 amide bonds. The smallest absolute Gasteiger partial charge is 0.326 e. The SMILES string of the molecule is O=C(O)CC(NC(=O)CC1CCCO1)C(=O)O. The second-order valence-corrected chi connectivity index (χ2v) is 3.90. The van der Waals surface area contributed by atoms with E-state index in [1.54, 1.807) is 0 Å². The quantitative estimate of drug-likeness (QED) is 0.586. The molecule has 0 aromatic heterocycles. The third kappa shape index (κ3) is 4.81. The van der Waals surface area contributed by atoms with Crippen molar-refractivity contribution in [3.8, 4) is 0 Å². The number of carbonyl (C=O) groups is 3. The Morgan fingerprint density at radius 2 is 2.06 bits per heavy atom. The van der Waals surface area contributed by atoms with E-state index in [4.69, 9.17) is 14.9 Å². The molecule has 0 spiro atoms. The van der Waals surface area contributed by atoms with Crippen LogP contribution in [-0.2, 0) is 19.1 Å². The zero-order chi connectivity index (χ0) is 12.8. The minimum Gasteiger partial charge on any atom is -0.481 e. The summed E-state index contributed by atoms with van der Waals surface area (Å²) in [4.78, 5) is 32.5. The van der Waals surface area contributed by atoms with Crippen molar-refractivity contribution < 1.29 is 29.3 Å². The Bertz CT molecular complexity index is 310. The van der Waals surface area contributed by atoms with Crippen LogP contribution in [0.5, 0.6) is 0 Å². The number of aliphatic carboxylic acids is 2. The average molecular weight is 245 g/mol. The van der Waals surface area contributed by atoms with E-state index in [-0.39, 0.29) is 12.5 Å². The maximum Gasteiger partial charge on any atom is 0.326 e. The molecule has 7 nitrogen and oxygen atoms in total. The van der Waals surface area contributed by atoms with E-state index < -0.39 is 30.3 Å². The number of rotatable bonds is 6. The van der Waals surface area contributed by atoms with Crippen LogP contribution < -0.4 is 5.32 Å². The molecule has 0 aliphatic carbocycles. The lowest BCUT2D eigenvalue weighted by atomic mass is 10.1. The van der Waals surface area contributed by atoms with E-state index in [9.17, 15) is 14.4 Å². The van der Waals surface area contributed by atoms with Crippen molar-refractivity contribution in [1.29, 1.82) is 0 Å². The summed E-state index contributed by atoms with van der Waals surface area (Å²) < 4.78 is 5.22. The fraction of sp³-hybridized carbons (Fsp3) is 0.700. The van der Waals surface area contributed by atoms with Gasteiger partial charge in [-0.3, -0.25) is 9.59 Å². The van der Waals surface area contributed by atoms with Crippen LogP contribution in [0.4, 0.5) is 0 Å². The van der Waals surface area contributed by atoms with Crippen molar-refractivity contribution in [3.63, 3.8) is 0 Å². The van der Waals surface area contributed by atoms with Gasteiger partial charge < -0.3 is 20.3 Å². The number of carboxylic acid groups (broad SMARTS) is 2. The van der Waals surface area contributed by atoms with Crippen molar-refractivity contribution in [3.05, 3.63) is 0 Å². The zero-order valence-electron chi connectivity index (χ0n) is 9.22. The molecule has 2 unspecified atom stereocenters. The largest absolute Gasteiger partial charge is 0.481 e. The molecule has 0 radical (unpaired) electrons. The summed E-state index contributed by atoms with van der Waals surface area (Å²) in [6.07, 6.45) is 0.907. The molecule has 1 saturated heterocycles. The Balaban J connectivity index is 2.40. The molecule has 1 rings (SSSR count). The molecule has 0 bridgehead atoms. The maximum absolute atomic E-state index is 11.4. The molecule has 17 heavy (non-hydrogen) atoms. The predicted octanol–water partition coefficient (Wildman–Crippen LogP) is -0.400. The van der Waals surface area contributed by atoms with Crippen LogP contribution in [0.1, 0.15) is 25.7 Å². The first kappa shape index (κ1) is 13.4. The van der Waals surface area contributed by atoms with Gasteiger partial charge in [0.1, 0.15) is 6.04 Å². The van der Waals surface area contributed by atoms with Crippen molar-refractivity contribution in [2.24, 2.45) is 0 Å². The van der Waals surface area contributed by atoms with E-state index in [0.29, 0.717) is 6.61 Å². The van der Waals surface area contributed by atoms with Crippen LogP contribution in [-0.4, -0.2) is 46.8 Å². The molecule has 0 saturated carbocycles. The van der Waals surface area contributed by atoms with Gasteiger partial charge in [-0.2, -0.15) is 0 Å². The lowest BCUT2D eigenvalue weighted by Gasteiger charge is -2.14. The van der Waals surface area contributed by atoms with Crippen LogP contribution in [0, 0.1) is 0 Å². The molecule has 0 aromatic carbocycles. The van der Waals surface area contributed by atoms with Crippen LogP contribution in [0.25, 0.3) is 0 Å². The summed E-state index contributed by atoms with van der Waals surface area (Å²) in [6.45, 7) is 0.607. The summed E-state index contributed by atoms with van der Waals surface area (Å²) in [5.74, 6) is -3.12. The first-order chi connectivity index (χ1) is 7.99. The molecule has 1 aliphatic heterocycles. The van der Waals surface area contributed by atoms with Gasteiger partial charge in [-0.1, -0.05) is 0 Å². The van der Waals surface area contributed by atoms with E-state index in [1.807, 2.05) is 0 Å². The monoisotopic (exact) mass is 245 g/mol. The van der Waals surface area contributed by atoms with E-state index in [1.165, 1.54) is 0 Å². The van der Waals surface area contributed by atoms with E-state index in [0.717, 1.165) is 12.8 Å². The third-order valence-electron chi connectivity index (χ3n) is 2.45. The van der Waals surface area contributed by atoms with Gasteiger partial charge in [-0.25, -0.2) is 4.79 Å². The van der Waals surface area contributed by atoms with Crippen molar-refractivity contribution in [1.82, 2.24) is 5.32 Å². The van der Waals surface area contributed by atoms with E-state index in [2.05, 4.69) is 5.32 Å². The highest BCUT2D eigenvalue weighted by molar-refractivity contribution is 5.86. The lowest BCUT2D eigenvalue weighted by Crippen LogP contribution is -2.43. The Labute approximate surface area is 97.8 Å². The minimum absolute atomic E-state index is 0.0728. The molecule has 2 atom stereocenters. The number of hydrogen-bond donors (Lipinski definition) is 3. The highest BCUT2D eigenvalue weighted by atomic mass is 16.5. The summed E-state index contributed by atoms with van der Waals surface area (Å²) >= 11 is 0. The molecule has 1 heterocycles. The summed E-state index contributed by atoms with van der Waals surface area (Å²) in [5, 5.41) is 19.4. The molecule has 7 heteroatoms. The number of ether oxygens (including phenoxy) is 1. The molecule has 1 aliphatic rings. The highest BCUT2D eigenvalue weighted by Crippen LogP contribution is 2.15. The maximum atomic E-state index is 11.4. The standard InChI is InChI=1S/C10H15NO6/c12-8(4-6-2-1-3-17-6)11-7(10(15)16)5-9(13)14/h6-7H,1-5H2,(H,11,12)(H,13,14)(H,15,16). The van der Waals surface area contributed by atoms with Crippen LogP contribution >= 0.6 is 0 Å².